The Morgan fingerprint density at radius 1 is 1.12 bits per heavy atom. The maximum atomic E-state index is 9.75. The highest BCUT2D eigenvalue weighted by molar-refractivity contribution is 5.85. The number of rotatable bonds is 1. The Morgan fingerprint density at radius 3 is 2.94 bits per heavy atom. The fourth-order valence-corrected chi connectivity index (χ4v) is 1.88. The number of hydrogen-bond donors (Lipinski definition) is 2. The number of aromatic hydroxyl groups is 1. The normalized spacial score (nSPS) is 10.8. The summed E-state index contributed by atoms with van der Waals surface area (Å²) in [6, 6.07) is 16.2. The molecule has 3 aromatic rings. The molecule has 0 amide bonds. The molecular formula is C14H10NO. The number of H-pyrrole nitrogens is 1. The summed E-state index contributed by atoms with van der Waals surface area (Å²) in [4.78, 5) is 3.16. The van der Waals surface area contributed by atoms with Gasteiger partial charge in [0, 0.05) is 17.3 Å². The molecule has 2 aromatic carbocycles. The molecule has 0 bridgehead atoms. The number of phenolic OH excluding ortho intramolecular Hbond substituents is 1. The molecule has 2 N–H and O–H groups in total. The van der Waals surface area contributed by atoms with Crippen molar-refractivity contribution >= 4 is 10.9 Å². The first-order chi connectivity index (χ1) is 7.84. The zero-order valence-corrected chi connectivity index (χ0v) is 8.57. The van der Waals surface area contributed by atoms with Crippen LogP contribution in [0.4, 0.5) is 0 Å². The number of aromatic amines is 1. The molecule has 2 nitrogen and oxygen atoms in total. The molecule has 16 heavy (non-hydrogen) atoms. The van der Waals surface area contributed by atoms with Crippen molar-refractivity contribution in [3.8, 4) is 16.9 Å². The van der Waals surface area contributed by atoms with Crippen LogP contribution in [0.15, 0.2) is 48.7 Å². The van der Waals surface area contributed by atoms with Gasteiger partial charge in [0.15, 0.2) is 0 Å². The molecule has 0 unspecified atom stereocenters. The van der Waals surface area contributed by atoms with Crippen LogP contribution in [0.5, 0.6) is 5.75 Å². The summed E-state index contributed by atoms with van der Waals surface area (Å²) in [6.07, 6.45) is 1.91. The highest BCUT2D eigenvalue weighted by Gasteiger charge is 2.04. The molecule has 1 aromatic heterocycles. The number of nitrogens with one attached hydrogen (secondary N) is 1. The fraction of sp³-hybridized carbons (Fsp3) is 0. The first-order valence-corrected chi connectivity index (χ1v) is 5.11. The lowest BCUT2D eigenvalue weighted by molar-refractivity contribution is 0.477. The van der Waals surface area contributed by atoms with Crippen molar-refractivity contribution in [3.63, 3.8) is 0 Å². The Kier molecular flexibility index (Phi) is 1.93. The SMILES string of the molecule is Oc1c[c]ccc1-c1ccc2cc[nH]c2c1. The van der Waals surface area contributed by atoms with Crippen LogP contribution < -0.4 is 0 Å². The topological polar surface area (TPSA) is 36.0 Å². The average molecular weight is 208 g/mol. The van der Waals surface area contributed by atoms with Crippen molar-refractivity contribution in [1.29, 1.82) is 0 Å². The van der Waals surface area contributed by atoms with E-state index in [9.17, 15) is 5.11 Å². The molecule has 0 saturated carbocycles. The lowest BCUT2D eigenvalue weighted by Crippen LogP contribution is -1.79. The predicted molar refractivity (Wildman–Crippen MR) is 64.2 cm³/mol. The Hall–Kier alpha value is -2.22. The first-order valence-electron chi connectivity index (χ1n) is 5.11. The van der Waals surface area contributed by atoms with E-state index in [0.717, 1.165) is 16.6 Å². The van der Waals surface area contributed by atoms with E-state index in [1.807, 2.05) is 36.5 Å². The summed E-state index contributed by atoms with van der Waals surface area (Å²) in [7, 11) is 0. The molecule has 0 aliphatic carbocycles. The van der Waals surface area contributed by atoms with Crippen LogP contribution in [0.25, 0.3) is 22.0 Å². The van der Waals surface area contributed by atoms with E-state index in [0.29, 0.717) is 0 Å². The largest absolute Gasteiger partial charge is 0.507 e. The molecule has 1 radical (unpaired) electrons. The summed E-state index contributed by atoms with van der Waals surface area (Å²) in [5, 5.41) is 10.9. The van der Waals surface area contributed by atoms with Crippen LogP contribution in [0.2, 0.25) is 0 Å². The van der Waals surface area contributed by atoms with Crippen molar-refractivity contribution in [2.45, 2.75) is 0 Å². The van der Waals surface area contributed by atoms with Crippen LogP contribution in [-0.2, 0) is 0 Å². The van der Waals surface area contributed by atoms with Gasteiger partial charge in [-0.1, -0.05) is 24.3 Å². The number of phenols is 1. The van der Waals surface area contributed by atoms with Gasteiger partial charge < -0.3 is 10.1 Å². The molecule has 2 heteroatoms. The van der Waals surface area contributed by atoms with Crippen molar-refractivity contribution in [1.82, 2.24) is 4.98 Å². The Labute approximate surface area is 93.2 Å². The quantitative estimate of drug-likeness (QED) is 0.632. The molecule has 0 saturated heterocycles. The first kappa shape index (κ1) is 9.04. The van der Waals surface area contributed by atoms with Crippen molar-refractivity contribution in [3.05, 3.63) is 54.7 Å². The van der Waals surface area contributed by atoms with Gasteiger partial charge in [-0.2, -0.15) is 0 Å². The molecule has 0 fully saturated rings. The lowest BCUT2D eigenvalue weighted by Gasteiger charge is -2.04. The maximum Gasteiger partial charge on any atom is 0.124 e. The van der Waals surface area contributed by atoms with Gasteiger partial charge in [-0.15, -0.1) is 0 Å². The van der Waals surface area contributed by atoms with Crippen molar-refractivity contribution in [2.24, 2.45) is 0 Å². The smallest absolute Gasteiger partial charge is 0.124 e. The van der Waals surface area contributed by atoms with E-state index in [2.05, 4.69) is 11.1 Å². The number of aromatic nitrogens is 1. The van der Waals surface area contributed by atoms with Gasteiger partial charge >= 0.3 is 0 Å². The second-order valence-corrected chi connectivity index (χ2v) is 3.72. The number of benzene rings is 2. The molecule has 0 aliphatic heterocycles. The van der Waals surface area contributed by atoms with Gasteiger partial charge in [0.1, 0.15) is 5.75 Å². The second-order valence-electron chi connectivity index (χ2n) is 3.72. The standard InChI is InChI=1S/C14H10NO/c16-14-4-2-1-3-12(14)11-6-5-10-7-8-15-13(10)9-11/h1,3-9,15-16H. The molecule has 0 atom stereocenters. The third kappa shape index (κ3) is 1.36. The van der Waals surface area contributed by atoms with E-state index >= 15 is 0 Å². The van der Waals surface area contributed by atoms with E-state index in [-0.39, 0.29) is 5.75 Å². The van der Waals surface area contributed by atoms with Crippen LogP contribution >= 0.6 is 0 Å². The molecule has 77 valence electrons. The summed E-state index contributed by atoms with van der Waals surface area (Å²) < 4.78 is 0. The number of fused-ring (bicyclic) bond motifs is 1. The van der Waals surface area contributed by atoms with E-state index in [4.69, 9.17) is 0 Å². The lowest BCUT2D eigenvalue weighted by atomic mass is 10.0. The van der Waals surface area contributed by atoms with Crippen molar-refractivity contribution < 1.29 is 5.11 Å². The highest BCUT2D eigenvalue weighted by Crippen LogP contribution is 2.30. The number of hydrogen-bond acceptors (Lipinski definition) is 1. The van der Waals surface area contributed by atoms with Gasteiger partial charge in [0.2, 0.25) is 0 Å². The molecule has 0 spiro atoms. The van der Waals surface area contributed by atoms with Crippen molar-refractivity contribution in [2.75, 3.05) is 0 Å². The summed E-state index contributed by atoms with van der Waals surface area (Å²) in [5.41, 5.74) is 2.90. The summed E-state index contributed by atoms with van der Waals surface area (Å²) >= 11 is 0. The van der Waals surface area contributed by atoms with Crippen LogP contribution in [0.1, 0.15) is 0 Å². The minimum Gasteiger partial charge on any atom is -0.507 e. The van der Waals surface area contributed by atoms with Crippen LogP contribution in [-0.4, -0.2) is 10.1 Å². The maximum absolute atomic E-state index is 9.75. The summed E-state index contributed by atoms with van der Waals surface area (Å²) in [5.74, 6) is 0.258. The van der Waals surface area contributed by atoms with Gasteiger partial charge in [0.25, 0.3) is 0 Å². The monoisotopic (exact) mass is 208 g/mol. The molecule has 3 rings (SSSR count). The Bertz CT molecular complexity index is 640. The average Bonchev–Trinajstić information content (AvgIpc) is 2.76. The molecule has 1 heterocycles. The van der Waals surface area contributed by atoms with Gasteiger partial charge in [-0.25, -0.2) is 0 Å². The Balaban J connectivity index is 2.22. The third-order valence-electron chi connectivity index (χ3n) is 2.71. The summed E-state index contributed by atoms with van der Waals surface area (Å²) in [6.45, 7) is 0. The zero-order chi connectivity index (χ0) is 11.0. The van der Waals surface area contributed by atoms with Gasteiger partial charge in [-0.05, 0) is 35.2 Å². The van der Waals surface area contributed by atoms with Gasteiger partial charge in [0.05, 0.1) is 0 Å². The third-order valence-corrected chi connectivity index (χ3v) is 2.71. The second kappa shape index (κ2) is 3.42. The highest BCUT2D eigenvalue weighted by atomic mass is 16.3. The minimum absolute atomic E-state index is 0.258. The van der Waals surface area contributed by atoms with E-state index in [1.165, 1.54) is 5.39 Å². The fourth-order valence-electron chi connectivity index (χ4n) is 1.88. The van der Waals surface area contributed by atoms with Crippen LogP contribution in [0.3, 0.4) is 0 Å². The zero-order valence-electron chi connectivity index (χ0n) is 8.57. The Morgan fingerprint density at radius 2 is 2.06 bits per heavy atom. The van der Waals surface area contributed by atoms with Gasteiger partial charge in [-0.3, -0.25) is 0 Å². The minimum atomic E-state index is 0.258. The molecule has 0 aliphatic rings. The molecular weight excluding hydrogens is 198 g/mol. The van der Waals surface area contributed by atoms with Crippen LogP contribution in [0, 0.1) is 6.07 Å². The van der Waals surface area contributed by atoms with E-state index in [1.54, 1.807) is 12.1 Å². The predicted octanol–water partition coefficient (Wildman–Crippen LogP) is 3.34. The van der Waals surface area contributed by atoms with E-state index < -0.39 is 0 Å².